The Hall–Kier alpha value is -2.15. The molecular formula is C14H14F2N2O2S. The molecule has 0 amide bonds. The number of para-hydroxylation sites is 1. The lowest BCUT2D eigenvalue weighted by Crippen LogP contribution is -2.06. The summed E-state index contributed by atoms with van der Waals surface area (Å²) in [6, 6.07) is 6.35. The Bertz CT molecular complexity index is 805. The number of benzene rings is 2. The summed E-state index contributed by atoms with van der Waals surface area (Å²) < 4.78 is 50.5. The minimum Gasteiger partial charge on any atom is -0.396 e. The van der Waals surface area contributed by atoms with E-state index in [0.717, 1.165) is 18.4 Å². The van der Waals surface area contributed by atoms with Crippen LogP contribution in [0.25, 0.3) is 0 Å². The van der Waals surface area contributed by atoms with Crippen molar-refractivity contribution in [2.45, 2.75) is 11.8 Å². The van der Waals surface area contributed by atoms with Gasteiger partial charge in [0.25, 0.3) is 0 Å². The van der Waals surface area contributed by atoms with Crippen molar-refractivity contribution >= 4 is 26.9 Å². The quantitative estimate of drug-likeness (QED) is 0.855. The Morgan fingerprint density at radius 3 is 2.38 bits per heavy atom. The van der Waals surface area contributed by atoms with Gasteiger partial charge in [-0.1, -0.05) is 6.07 Å². The molecule has 112 valence electrons. The second kappa shape index (κ2) is 5.33. The average Bonchev–Trinajstić information content (AvgIpc) is 2.36. The summed E-state index contributed by atoms with van der Waals surface area (Å²) in [7, 11) is -3.51. The first-order chi connectivity index (χ1) is 9.70. The zero-order valence-electron chi connectivity index (χ0n) is 11.4. The van der Waals surface area contributed by atoms with Crippen molar-refractivity contribution in [2.75, 3.05) is 17.3 Å². The lowest BCUT2D eigenvalue weighted by Gasteiger charge is -2.13. The Labute approximate surface area is 121 Å². The second-order valence-electron chi connectivity index (χ2n) is 4.70. The zero-order chi connectivity index (χ0) is 15.8. The number of aryl methyl sites for hydroxylation is 1. The van der Waals surface area contributed by atoms with Gasteiger partial charge in [0.2, 0.25) is 0 Å². The van der Waals surface area contributed by atoms with E-state index in [1.165, 1.54) is 25.1 Å². The first-order valence-corrected chi connectivity index (χ1v) is 7.90. The predicted octanol–water partition coefficient (Wildman–Crippen LogP) is 3.00. The molecule has 0 heterocycles. The molecule has 0 saturated heterocycles. The summed E-state index contributed by atoms with van der Waals surface area (Å²) in [6.45, 7) is 1.45. The Balaban J connectivity index is 2.49. The smallest absolute Gasteiger partial charge is 0.177 e. The summed E-state index contributed by atoms with van der Waals surface area (Å²) in [5.41, 5.74) is 5.99. The fraction of sp³-hybridized carbons (Fsp3) is 0.143. The molecule has 0 aliphatic rings. The van der Waals surface area contributed by atoms with Crippen LogP contribution in [0, 0.1) is 18.6 Å². The third-order valence-corrected chi connectivity index (χ3v) is 4.14. The summed E-state index contributed by atoms with van der Waals surface area (Å²) in [5.74, 6) is -1.23. The van der Waals surface area contributed by atoms with Crippen molar-refractivity contribution in [1.29, 1.82) is 0 Å². The number of anilines is 3. The molecule has 3 N–H and O–H groups in total. The monoisotopic (exact) mass is 312 g/mol. The van der Waals surface area contributed by atoms with Crippen LogP contribution in [0.4, 0.5) is 25.8 Å². The van der Waals surface area contributed by atoms with E-state index in [1.807, 2.05) is 0 Å². The van der Waals surface area contributed by atoms with Gasteiger partial charge in [0.15, 0.2) is 9.84 Å². The van der Waals surface area contributed by atoms with Crippen molar-refractivity contribution in [3.05, 3.63) is 47.5 Å². The topological polar surface area (TPSA) is 72.2 Å². The number of nitrogens with one attached hydrogen (secondary N) is 1. The summed E-state index contributed by atoms with van der Waals surface area (Å²) >= 11 is 0. The molecule has 0 saturated carbocycles. The second-order valence-corrected chi connectivity index (χ2v) is 6.68. The first-order valence-electron chi connectivity index (χ1n) is 6.01. The maximum atomic E-state index is 13.8. The highest BCUT2D eigenvalue weighted by Crippen LogP contribution is 2.30. The van der Waals surface area contributed by atoms with E-state index >= 15 is 0 Å². The van der Waals surface area contributed by atoms with Crippen molar-refractivity contribution < 1.29 is 17.2 Å². The fourth-order valence-electron chi connectivity index (χ4n) is 1.86. The molecular weight excluding hydrogens is 298 g/mol. The minimum absolute atomic E-state index is 0.0413. The largest absolute Gasteiger partial charge is 0.396 e. The molecule has 2 rings (SSSR count). The molecule has 0 bridgehead atoms. The highest BCUT2D eigenvalue weighted by Gasteiger charge is 2.15. The SMILES string of the molecule is Cc1cc(F)c(Nc2cccc(S(C)(=O)=O)c2N)cc1F. The van der Waals surface area contributed by atoms with E-state index in [4.69, 9.17) is 5.73 Å². The predicted molar refractivity (Wildman–Crippen MR) is 78.3 cm³/mol. The molecule has 0 unspecified atom stereocenters. The number of nitrogens with two attached hydrogens (primary N) is 1. The van der Waals surface area contributed by atoms with Gasteiger partial charge in [-0.3, -0.25) is 0 Å². The minimum atomic E-state index is -3.51. The van der Waals surface area contributed by atoms with Crippen LogP contribution < -0.4 is 11.1 Å². The number of rotatable bonds is 3. The highest BCUT2D eigenvalue weighted by atomic mass is 32.2. The molecule has 0 aromatic heterocycles. The maximum absolute atomic E-state index is 13.8. The molecule has 7 heteroatoms. The van der Waals surface area contributed by atoms with Gasteiger partial charge in [0, 0.05) is 12.3 Å². The van der Waals surface area contributed by atoms with Gasteiger partial charge < -0.3 is 11.1 Å². The highest BCUT2D eigenvalue weighted by molar-refractivity contribution is 7.90. The van der Waals surface area contributed by atoms with E-state index in [2.05, 4.69) is 5.32 Å². The van der Waals surface area contributed by atoms with Crippen molar-refractivity contribution in [3.63, 3.8) is 0 Å². The Morgan fingerprint density at radius 2 is 1.76 bits per heavy atom. The molecule has 0 spiro atoms. The van der Waals surface area contributed by atoms with Gasteiger partial charge >= 0.3 is 0 Å². The number of hydrogen-bond acceptors (Lipinski definition) is 4. The van der Waals surface area contributed by atoms with E-state index < -0.39 is 21.5 Å². The van der Waals surface area contributed by atoms with Crippen molar-refractivity contribution in [1.82, 2.24) is 0 Å². The molecule has 4 nitrogen and oxygen atoms in total. The van der Waals surface area contributed by atoms with Crippen LogP contribution >= 0.6 is 0 Å². The normalized spacial score (nSPS) is 11.4. The Morgan fingerprint density at radius 1 is 1.10 bits per heavy atom. The fourth-order valence-corrected chi connectivity index (χ4v) is 2.70. The van der Waals surface area contributed by atoms with Crippen LogP contribution in [0.1, 0.15) is 5.56 Å². The molecule has 2 aromatic rings. The van der Waals surface area contributed by atoms with Gasteiger partial charge in [-0.25, -0.2) is 17.2 Å². The van der Waals surface area contributed by atoms with Crippen molar-refractivity contribution in [2.24, 2.45) is 0 Å². The number of hydrogen-bond donors (Lipinski definition) is 2. The Kier molecular flexibility index (Phi) is 3.87. The average molecular weight is 312 g/mol. The standard InChI is InChI=1S/C14H14F2N2O2S/c1-8-6-10(16)12(7-9(8)15)18-11-4-3-5-13(14(11)17)21(2,19)20/h3-7,18H,17H2,1-2H3. The van der Waals surface area contributed by atoms with Crippen LogP contribution in [-0.4, -0.2) is 14.7 Å². The molecule has 21 heavy (non-hydrogen) atoms. The van der Waals surface area contributed by atoms with Gasteiger partial charge in [-0.2, -0.15) is 0 Å². The van der Waals surface area contributed by atoms with E-state index in [-0.39, 0.29) is 27.5 Å². The summed E-state index contributed by atoms with van der Waals surface area (Å²) in [6.07, 6.45) is 1.02. The third-order valence-electron chi connectivity index (χ3n) is 2.98. The molecule has 0 fully saturated rings. The van der Waals surface area contributed by atoms with Gasteiger partial charge in [0.05, 0.1) is 22.0 Å². The molecule has 0 radical (unpaired) electrons. The lowest BCUT2D eigenvalue weighted by atomic mass is 10.2. The van der Waals surface area contributed by atoms with Gasteiger partial charge in [-0.15, -0.1) is 0 Å². The van der Waals surface area contributed by atoms with E-state index in [1.54, 1.807) is 0 Å². The number of halogens is 2. The van der Waals surface area contributed by atoms with Crippen LogP contribution in [0.5, 0.6) is 0 Å². The zero-order valence-corrected chi connectivity index (χ0v) is 12.3. The number of nitrogen functional groups attached to an aromatic ring is 1. The van der Waals surface area contributed by atoms with Crippen molar-refractivity contribution in [3.8, 4) is 0 Å². The summed E-state index contributed by atoms with van der Waals surface area (Å²) in [5, 5.41) is 2.62. The lowest BCUT2D eigenvalue weighted by molar-refractivity contribution is 0.595. The van der Waals surface area contributed by atoms with Crippen LogP contribution in [0.3, 0.4) is 0 Å². The van der Waals surface area contributed by atoms with Gasteiger partial charge in [0.1, 0.15) is 11.6 Å². The maximum Gasteiger partial charge on any atom is 0.177 e. The van der Waals surface area contributed by atoms with Gasteiger partial charge in [-0.05, 0) is 30.7 Å². The molecule has 0 aliphatic heterocycles. The third kappa shape index (κ3) is 3.13. The molecule has 2 aromatic carbocycles. The van der Waals surface area contributed by atoms with Crippen LogP contribution in [0.15, 0.2) is 35.2 Å². The molecule has 0 atom stereocenters. The first kappa shape index (κ1) is 15.2. The van der Waals surface area contributed by atoms with E-state index in [9.17, 15) is 17.2 Å². The van der Waals surface area contributed by atoms with Crippen LogP contribution in [-0.2, 0) is 9.84 Å². The summed E-state index contributed by atoms with van der Waals surface area (Å²) in [4.78, 5) is -0.0690. The number of sulfone groups is 1. The van der Waals surface area contributed by atoms with Crippen LogP contribution in [0.2, 0.25) is 0 Å². The molecule has 0 aliphatic carbocycles. The van der Waals surface area contributed by atoms with E-state index in [0.29, 0.717) is 0 Å².